The summed E-state index contributed by atoms with van der Waals surface area (Å²) in [6, 6.07) is 9.24. The third-order valence-corrected chi connectivity index (χ3v) is 2.79. The first-order valence-electron chi connectivity index (χ1n) is 6.06. The van der Waals surface area contributed by atoms with Crippen LogP contribution in [0.3, 0.4) is 0 Å². The van der Waals surface area contributed by atoms with Gasteiger partial charge in [0.1, 0.15) is 6.61 Å². The molecule has 3 heteroatoms. The maximum Gasteiger partial charge on any atom is 0.510 e. The van der Waals surface area contributed by atoms with Gasteiger partial charge in [0.15, 0.2) is 0 Å². The fourth-order valence-electron chi connectivity index (χ4n) is 1.76. The monoisotopic (exact) mass is 258 g/mol. The van der Waals surface area contributed by atoms with Crippen LogP contribution in [-0.2, 0) is 15.1 Å². The van der Waals surface area contributed by atoms with E-state index in [0.29, 0.717) is 0 Å². The summed E-state index contributed by atoms with van der Waals surface area (Å²) in [5, 5.41) is 0. The summed E-state index contributed by atoms with van der Waals surface area (Å²) in [5.74, 6) is 2.50. The Morgan fingerprint density at radius 2 is 2.11 bits per heavy atom. The van der Waals surface area contributed by atoms with Gasteiger partial charge in [-0.3, -0.25) is 0 Å². The van der Waals surface area contributed by atoms with Gasteiger partial charge in [-0.2, -0.15) is 0 Å². The maximum absolute atomic E-state index is 11.7. The minimum atomic E-state index is -1.13. The van der Waals surface area contributed by atoms with Crippen molar-refractivity contribution in [3.05, 3.63) is 48.6 Å². The number of terminal acetylenes is 1. The molecule has 0 spiro atoms. The van der Waals surface area contributed by atoms with Crippen LogP contribution < -0.4 is 0 Å². The standard InChI is InChI=1S/C16H18O3/c1-5-12-18-15(17)19-16(6-2,13(3)4)14-10-8-7-9-11-14/h2,5,7-11,13H,1,12H2,3-4H3. The molecule has 0 saturated carbocycles. The second-order valence-corrected chi connectivity index (χ2v) is 4.35. The second-order valence-electron chi connectivity index (χ2n) is 4.35. The van der Waals surface area contributed by atoms with Gasteiger partial charge in [-0.05, 0) is 0 Å². The topological polar surface area (TPSA) is 35.5 Å². The molecule has 0 radical (unpaired) electrons. The Bertz CT molecular complexity index is 471. The number of ether oxygens (including phenoxy) is 2. The Kier molecular flexibility index (Phi) is 5.20. The van der Waals surface area contributed by atoms with Crippen molar-refractivity contribution >= 4 is 6.16 Å². The predicted molar refractivity (Wildman–Crippen MR) is 74.4 cm³/mol. The summed E-state index contributed by atoms with van der Waals surface area (Å²) in [6.45, 7) is 7.35. The van der Waals surface area contributed by atoms with Crippen molar-refractivity contribution in [2.24, 2.45) is 5.92 Å². The molecule has 1 aromatic carbocycles. The molecule has 1 atom stereocenters. The minimum Gasteiger partial charge on any atom is -0.430 e. The van der Waals surface area contributed by atoms with E-state index in [1.54, 1.807) is 0 Å². The summed E-state index contributed by atoms with van der Waals surface area (Å²) in [6.07, 6.45) is 6.29. The highest BCUT2D eigenvalue weighted by Crippen LogP contribution is 2.33. The lowest BCUT2D eigenvalue weighted by Crippen LogP contribution is -2.36. The fraction of sp³-hybridized carbons (Fsp3) is 0.312. The van der Waals surface area contributed by atoms with Gasteiger partial charge in [-0.1, -0.05) is 62.8 Å². The van der Waals surface area contributed by atoms with Gasteiger partial charge in [-0.25, -0.2) is 4.79 Å². The van der Waals surface area contributed by atoms with E-state index >= 15 is 0 Å². The zero-order valence-corrected chi connectivity index (χ0v) is 11.3. The Morgan fingerprint density at radius 3 is 2.58 bits per heavy atom. The zero-order chi connectivity index (χ0) is 14.3. The van der Waals surface area contributed by atoms with Gasteiger partial charge in [-0.15, -0.1) is 6.42 Å². The molecule has 0 N–H and O–H groups in total. The van der Waals surface area contributed by atoms with E-state index in [-0.39, 0.29) is 12.5 Å². The quantitative estimate of drug-likeness (QED) is 0.460. The van der Waals surface area contributed by atoms with E-state index < -0.39 is 11.8 Å². The molecule has 1 rings (SSSR count). The molecule has 0 aliphatic heterocycles. The van der Waals surface area contributed by atoms with Gasteiger partial charge >= 0.3 is 6.16 Å². The van der Waals surface area contributed by atoms with Crippen LogP contribution in [0.2, 0.25) is 0 Å². The SMILES string of the molecule is C#CC(OC(=O)OCC=C)(c1ccccc1)C(C)C. The van der Waals surface area contributed by atoms with E-state index in [1.807, 2.05) is 44.2 Å². The highest BCUT2D eigenvalue weighted by Gasteiger charge is 2.38. The maximum atomic E-state index is 11.7. The van der Waals surface area contributed by atoms with E-state index in [4.69, 9.17) is 15.9 Å². The van der Waals surface area contributed by atoms with Gasteiger partial charge in [0.05, 0.1) is 0 Å². The number of rotatable bonds is 5. The van der Waals surface area contributed by atoms with Gasteiger partial charge < -0.3 is 9.47 Å². The van der Waals surface area contributed by atoms with E-state index in [0.717, 1.165) is 5.56 Å². The Morgan fingerprint density at radius 1 is 1.47 bits per heavy atom. The molecule has 0 amide bonds. The first-order chi connectivity index (χ1) is 9.06. The molecular weight excluding hydrogens is 240 g/mol. The van der Waals surface area contributed by atoms with Crippen LogP contribution in [0.25, 0.3) is 0 Å². The molecule has 100 valence electrons. The van der Waals surface area contributed by atoms with E-state index in [9.17, 15) is 4.79 Å². The molecule has 1 unspecified atom stereocenters. The van der Waals surface area contributed by atoms with Crippen LogP contribution in [0.5, 0.6) is 0 Å². The molecule has 0 aliphatic carbocycles. The third kappa shape index (κ3) is 3.38. The summed E-state index contributed by atoms with van der Waals surface area (Å²) in [7, 11) is 0. The lowest BCUT2D eigenvalue weighted by molar-refractivity contribution is -0.0270. The van der Waals surface area contributed by atoms with Gasteiger partial charge in [0.25, 0.3) is 0 Å². The van der Waals surface area contributed by atoms with Crippen LogP contribution in [0.1, 0.15) is 19.4 Å². The number of carbonyl (C=O) groups is 1. The number of benzene rings is 1. The van der Waals surface area contributed by atoms with Crippen molar-refractivity contribution in [2.75, 3.05) is 6.61 Å². The molecular formula is C16H18O3. The summed E-state index contributed by atoms with van der Waals surface area (Å²) in [5.41, 5.74) is -0.373. The Hall–Kier alpha value is -2.21. The molecule has 0 bridgehead atoms. The average Bonchev–Trinajstić information content (AvgIpc) is 2.43. The summed E-state index contributed by atoms with van der Waals surface area (Å²) >= 11 is 0. The van der Waals surface area contributed by atoms with Crippen molar-refractivity contribution in [2.45, 2.75) is 19.4 Å². The molecule has 0 aromatic heterocycles. The molecule has 0 saturated heterocycles. The average molecular weight is 258 g/mol. The minimum absolute atomic E-state index is 0.0869. The lowest BCUT2D eigenvalue weighted by Gasteiger charge is -2.32. The Balaban J connectivity index is 3.05. The van der Waals surface area contributed by atoms with Crippen molar-refractivity contribution in [1.29, 1.82) is 0 Å². The first-order valence-corrected chi connectivity index (χ1v) is 6.06. The van der Waals surface area contributed by atoms with Crippen molar-refractivity contribution in [1.82, 2.24) is 0 Å². The molecule has 0 fully saturated rings. The van der Waals surface area contributed by atoms with Crippen LogP contribution >= 0.6 is 0 Å². The summed E-state index contributed by atoms with van der Waals surface area (Å²) < 4.78 is 10.2. The van der Waals surface area contributed by atoms with Crippen LogP contribution in [-0.4, -0.2) is 12.8 Å². The van der Waals surface area contributed by atoms with Crippen molar-refractivity contribution < 1.29 is 14.3 Å². The first kappa shape index (κ1) is 14.8. The van der Waals surface area contributed by atoms with Crippen molar-refractivity contribution in [3.8, 4) is 12.3 Å². The number of hydrogen-bond acceptors (Lipinski definition) is 3. The lowest BCUT2D eigenvalue weighted by atomic mass is 9.84. The van der Waals surface area contributed by atoms with E-state index in [2.05, 4.69) is 12.5 Å². The molecule has 19 heavy (non-hydrogen) atoms. The fourth-order valence-corrected chi connectivity index (χ4v) is 1.76. The molecule has 3 nitrogen and oxygen atoms in total. The summed E-state index contributed by atoms with van der Waals surface area (Å²) in [4.78, 5) is 11.7. The predicted octanol–water partition coefficient (Wildman–Crippen LogP) is 3.51. The van der Waals surface area contributed by atoms with Gasteiger partial charge in [0.2, 0.25) is 5.60 Å². The van der Waals surface area contributed by atoms with Gasteiger partial charge in [0, 0.05) is 11.5 Å². The largest absolute Gasteiger partial charge is 0.510 e. The smallest absolute Gasteiger partial charge is 0.430 e. The highest BCUT2D eigenvalue weighted by molar-refractivity contribution is 5.62. The zero-order valence-electron chi connectivity index (χ0n) is 11.3. The molecule has 1 aromatic rings. The van der Waals surface area contributed by atoms with Crippen LogP contribution in [0, 0.1) is 18.3 Å². The van der Waals surface area contributed by atoms with Crippen molar-refractivity contribution in [3.63, 3.8) is 0 Å². The van der Waals surface area contributed by atoms with Crippen LogP contribution in [0.4, 0.5) is 4.79 Å². The number of carbonyl (C=O) groups excluding carboxylic acids is 1. The Labute approximate surface area is 114 Å². The number of hydrogen-bond donors (Lipinski definition) is 0. The molecule has 0 heterocycles. The van der Waals surface area contributed by atoms with Crippen LogP contribution in [0.15, 0.2) is 43.0 Å². The normalized spacial score (nSPS) is 13.2. The van der Waals surface area contributed by atoms with E-state index in [1.165, 1.54) is 6.08 Å². The second kappa shape index (κ2) is 6.65. The third-order valence-electron chi connectivity index (χ3n) is 2.79. The molecule has 0 aliphatic rings. The highest BCUT2D eigenvalue weighted by atomic mass is 16.7.